The number of halogens is 2. The average Bonchev–Trinajstić information content (AvgIpc) is 2.92. The first kappa shape index (κ1) is 28.2. The van der Waals surface area contributed by atoms with Crippen LogP contribution in [-0.2, 0) is 0 Å². The zero-order valence-electron chi connectivity index (χ0n) is 21.6. The number of carbonyl (C=O) groups is 1. The molecule has 0 aromatic heterocycles. The van der Waals surface area contributed by atoms with E-state index in [1.807, 2.05) is 24.3 Å². The van der Waals surface area contributed by atoms with Gasteiger partial charge in [0.2, 0.25) is 5.88 Å². The van der Waals surface area contributed by atoms with Gasteiger partial charge in [0.15, 0.2) is 5.75 Å². The van der Waals surface area contributed by atoms with Crippen LogP contribution in [0.15, 0.2) is 66.1 Å². The lowest BCUT2D eigenvalue weighted by Gasteiger charge is -2.27. The van der Waals surface area contributed by atoms with Crippen molar-refractivity contribution >= 4 is 29.2 Å². The van der Waals surface area contributed by atoms with Crippen molar-refractivity contribution in [2.24, 2.45) is 5.73 Å². The first-order valence-electron chi connectivity index (χ1n) is 12.6. The van der Waals surface area contributed by atoms with E-state index in [-0.39, 0.29) is 32.8 Å². The van der Waals surface area contributed by atoms with Gasteiger partial charge in [-0.15, -0.1) is 0 Å². The molecule has 0 saturated carbocycles. The van der Waals surface area contributed by atoms with E-state index >= 15 is 0 Å². The standard InChI is InChI=1S/C30H28Cl2N2O5/c1-3-5-6-12-37-20-9-7-8-18(13-20)27-22-11-10-21(16-26(22)39-29(34)23(27)17-33)38-30(35)19-14-24(31)28(36-4-2)25(32)15-19/h7-11,13-16,27H,3-6,12,34H2,1-2H3. The second-order valence-electron chi connectivity index (χ2n) is 8.84. The van der Waals surface area contributed by atoms with E-state index in [1.165, 1.54) is 12.1 Å². The lowest BCUT2D eigenvalue weighted by atomic mass is 9.83. The summed E-state index contributed by atoms with van der Waals surface area (Å²) in [7, 11) is 0. The molecular formula is C30H28Cl2N2O5. The maximum absolute atomic E-state index is 12.9. The minimum absolute atomic E-state index is 0.0159. The van der Waals surface area contributed by atoms with Gasteiger partial charge in [-0.2, -0.15) is 5.26 Å². The van der Waals surface area contributed by atoms with Crippen LogP contribution in [0, 0.1) is 11.3 Å². The second-order valence-corrected chi connectivity index (χ2v) is 9.66. The number of esters is 1. The number of fused-ring (bicyclic) bond motifs is 1. The summed E-state index contributed by atoms with van der Waals surface area (Å²) >= 11 is 12.5. The van der Waals surface area contributed by atoms with E-state index in [0.717, 1.165) is 24.8 Å². The molecule has 1 unspecified atom stereocenters. The third-order valence-corrected chi connectivity index (χ3v) is 6.69. The van der Waals surface area contributed by atoms with Crippen molar-refractivity contribution in [1.82, 2.24) is 0 Å². The molecule has 1 heterocycles. The Labute approximate surface area is 237 Å². The molecule has 0 saturated heterocycles. The molecule has 4 rings (SSSR count). The van der Waals surface area contributed by atoms with E-state index in [0.29, 0.717) is 36.0 Å². The molecule has 3 aromatic carbocycles. The topological polar surface area (TPSA) is 104 Å². The Hall–Kier alpha value is -3.86. The summed E-state index contributed by atoms with van der Waals surface area (Å²) in [5.41, 5.74) is 8.13. The molecule has 3 aromatic rings. The molecule has 1 aliphatic rings. The summed E-state index contributed by atoms with van der Waals surface area (Å²) < 4.78 is 22.7. The fraction of sp³-hybridized carbons (Fsp3) is 0.267. The Morgan fingerprint density at radius 3 is 2.49 bits per heavy atom. The van der Waals surface area contributed by atoms with Crippen LogP contribution < -0.4 is 24.7 Å². The fourth-order valence-corrected chi connectivity index (χ4v) is 4.89. The van der Waals surface area contributed by atoms with Crippen molar-refractivity contribution in [3.05, 3.63) is 92.8 Å². The lowest BCUT2D eigenvalue weighted by molar-refractivity contribution is 0.0734. The number of hydrogen-bond donors (Lipinski definition) is 1. The van der Waals surface area contributed by atoms with Gasteiger partial charge in [0.05, 0.1) is 34.7 Å². The molecule has 7 nitrogen and oxygen atoms in total. The maximum Gasteiger partial charge on any atom is 0.343 e. The Morgan fingerprint density at radius 2 is 1.79 bits per heavy atom. The van der Waals surface area contributed by atoms with Gasteiger partial charge in [0.25, 0.3) is 0 Å². The molecule has 0 bridgehead atoms. The molecular weight excluding hydrogens is 539 g/mol. The Kier molecular flexibility index (Phi) is 9.23. The Balaban J connectivity index is 1.60. The lowest BCUT2D eigenvalue weighted by Crippen LogP contribution is -2.21. The van der Waals surface area contributed by atoms with Crippen LogP contribution in [-0.4, -0.2) is 19.2 Å². The highest BCUT2D eigenvalue weighted by Crippen LogP contribution is 2.44. The number of benzene rings is 3. The largest absolute Gasteiger partial charge is 0.494 e. The number of ether oxygens (including phenoxy) is 4. The highest BCUT2D eigenvalue weighted by atomic mass is 35.5. The molecule has 1 atom stereocenters. The number of allylic oxidation sites excluding steroid dienone is 1. The minimum Gasteiger partial charge on any atom is -0.494 e. The third-order valence-electron chi connectivity index (χ3n) is 6.13. The molecule has 0 radical (unpaired) electrons. The molecule has 0 fully saturated rings. The van der Waals surface area contributed by atoms with Crippen molar-refractivity contribution < 1.29 is 23.7 Å². The summed E-state index contributed by atoms with van der Waals surface area (Å²) in [6, 6.07) is 17.6. The van der Waals surface area contributed by atoms with E-state index < -0.39 is 11.9 Å². The number of nitrogens with zero attached hydrogens (tertiary/aromatic N) is 1. The van der Waals surface area contributed by atoms with Gasteiger partial charge in [0.1, 0.15) is 28.9 Å². The van der Waals surface area contributed by atoms with Gasteiger partial charge < -0.3 is 24.7 Å². The highest BCUT2D eigenvalue weighted by Gasteiger charge is 2.31. The zero-order chi connectivity index (χ0) is 27.9. The van der Waals surface area contributed by atoms with Gasteiger partial charge >= 0.3 is 5.97 Å². The fourth-order valence-electron chi connectivity index (χ4n) is 4.29. The van der Waals surface area contributed by atoms with Crippen molar-refractivity contribution in [2.45, 2.75) is 39.0 Å². The number of rotatable bonds is 10. The molecule has 202 valence electrons. The van der Waals surface area contributed by atoms with Crippen molar-refractivity contribution in [1.29, 1.82) is 5.26 Å². The number of nitrogens with two attached hydrogens (primary N) is 1. The van der Waals surface area contributed by atoms with E-state index in [4.69, 9.17) is 47.9 Å². The quantitative estimate of drug-likeness (QED) is 0.155. The molecule has 39 heavy (non-hydrogen) atoms. The van der Waals surface area contributed by atoms with Crippen LogP contribution in [0.2, 0.25) is 10.0 Å². The second kappa shape index (κ2) is 12.8. The van der Waals surface area contributed by atoms with Crippen LogP contribution >= 0.6 is 23.2 Å². The highest BCUT2D eigenvalue weighted by molar-refractivity contribution is 6.37. The van der Waals surface area contributed by atoms with Gasteiger partial charge in [-0.05, 0) is 49.2 Å². The maximum atomic E-state index is 12.9. The summed E-state index contributed by atoms with van der Waals surface area (Å²) in [6.07, 6.45) is 3.17. The first-order chi connectivity index (χ1) is 18.9. The minimum atomic E-state index is -0.664. The SMILES string of the molecule is CCCCCOc1cccc(C2C(C#N)=C(N)Oc3cc(OC(=O)c4cc(Cl)c(OCC)c(Cl)c4)ccc32)c1. The molecule has 1 aliphatic heterocycles. The van der Waals surface area contributed by atoms with E-state index in [2.05, 4.69) is 13.0 Å². The summed E-state index contributed by atoms with van der Waals surface area (Å²) in [4.78, 5) is 12.9. The van der Waals surface area contributed by atoms with Crippen molar-refractivity contribution in [3.8, 4) is 29.1 Å². The van der Waals surface area contributed by atoms with E-state index in [9.17, 15) is 10.1 Å². The van der Waals surface area contributed by atoms with Gasteiger partial charge in [-0.3, -0.25) is 0 Å². The van der Waals surface area contributed by atoms with Crippen molar-refractivity contribution in [3.63, 3.8) is 0 Å². The van der Waals surface area contributed by atoms with Gasteiger partial charge in [-0.1, -0.05) is 61.2 Å². The van der Waals surface area contributed by atoms with Gasteiger partial charge in [0, 0.05) is 11.6 Å². The predicted molar refractivity (Wildman–Crippen MR) is 150 cm³/mol. The zero-order valence-corrected chi connectivity index (χ0v) is 23.1. The van der Waals surface area contributed by atoms with Gasteiger partial charge in [-0.25, -0.2) is 4.79 Å². The van der Waals surface area contributed by atoms with Crippen LogP contribution in [0.3, 0.4) is 0 Å². The monoisotopic (exact) mass is 566 g/mol. The Morgan fingerprint density at radius 1 is 1.03 bits per heavy atom. The number of hydrogen-bond acceptors (Lipinski definition) is 7. The van der Waals surface area contributed by atoms with Crippen LogP contribution in [0.5, 0.6) is 23.0 Å². The van der Waals surface area contributed by atoms with E-state index in [1.54, 1.807) is 25.1 Å². The number of nitriles is 1. The summed E-state index contributed by atoms with van der Waals surface area (Å²) in [5.74, 6) is 0.452. The first-order valence-corrected chi connectivity index (χ1v) is 13.4. The predicted octanol–water partition coefficient (Wildman–Crippen LogP) is 7.40. The molecule has 0 aliphatic carbocycles. The normalized spacial score (nSPS) is 14.2. The third kappa shape index (κ3) is 6.42. The molecule has 2 N–H and O–H groups in total. The number of carbonyl (C=O) groups excluding carboxylic acids is 1. The van der Waals surface area contributed by atoms with Crippen LogP contribution in [0.4, 0.5) is 0 Å². The summed E-state index contributed by atoms with van der Waals surface area (Å²) in [6.45, 7) is 4.93. The smallest absolute Gasteiger partial charge is 0.343 e. The molecule has 0 amide bonds. The Bertz CT molecular complexity index is 1420. The van der Waals surface area contributed by atoms with Crippen molar-refractivity contribution in [2.75, 3.05) is 13.2 Å². The van der Waals surface area contributed by atoms with Crippen LogP contribution in [0.1, 0.15) is 60.5 Å². The number of unbranched alkanes of at least 4 members (excludes halogenated alkanes) is 2. The average molecular weight is 567 g/mol. The van der Waals surface area contributed by atoms with Crippen LogP contribution in [0.25, 0.3) is 0 Å². The summed E-state index contributed by atoms with van der Waals surface area (Å²) in [5, 5.41) is 10.3. The molecule has 9 heteroatoms. The molecule has 0 spiro atoms.